The highest BCUT2D eigenvalue weighted by molar-refractivity contribution is 8.00. The number of nitrogens with one attached hydrogen (secondary N) is 3. The molecule has 2 aromatic rings. The number of nitrogens with zero attached hydrogens (tertiary/aromatic N) is 1. The number of hydrogen-bond acceptors (Lipinski definition) is 4. The summed E-state index contributed by atoms with van der Waals surface area (Å²) in [5.41, 5.74) is -4.22. The van der Waals surface area contributed by atoms with Crippen molar-refractivity contribution in [3.63, 3.8) is 0 Å². The van der Waals surface area contributed by atoms with E-state index in [0.717, 1.165) is 0 Å². The minimum Gasteiger partial charge on any atom is -0.340 e. The van der Waals surface area contributed by atoms with Gasteiger partial charge in [0.15, 0.2) is 0 Å². The summed E-state index contributed by atoms with van der Waals surface area (Å²) < 4.78 is 37.1. The van der Waals surface area contributed by atoms with Crippen molar-refractivity contribution in [2.75, 3.05) is 5.32 Å². The Balaban J connectivity index is 2.05. The van der Waals surface area contributed by atoms with E-state index in [-0.39, 0.29) is 28.1 Å². The van der Waals surface area contributed by atoms with Crippen LogP contribution in [0.5, 0.6) is 0 Å². The molecule has 3 N–H and O–H groups in total. The van der Waals surface area contributed by atoms with Crippen molar-refractivity contribution in [1.29, 1.82) is 0 Å². The van der Waals surface area contributed by atoms with Gasteiger partial charge in [0.2, 0.25) is 5.91 Å². The molecule has 0 aliphatic rings. The molecule has 10 heteroatoms. The molecule has 2 rings (SSSR count). The number of amides is 2. The SMILES string of the molecule is CC(C)CC(NC(=O)c1ccc(SC(F)(F)F)cc1)C(=O)Nc1ccn[nH]1. The maximum absolute atomic E-state index is 12.4. The van der Waals surface area contributed by atoms with Gasteiger partial charge in [0.1, 0.15) is 11.9 Å². The molecule has 6 nitrogen and oxygen atoms in total. The number of aromatic nitrogens is 2. The molecule has 146 valence electrons. The van der Waals surface area contributed by atoms with Gasteiger partial charge < -0.3 is 10.6 Å². The first-order valence-electron chi connectivity index (χ1n) is 8.11. The summed E-state index contributed by atoms with van der Waals surface area (Å²) in [6, 6.07) is 5.80. The Bertz CT molecular complexity index is 761. The van der Waals surface area contributed by atoms with E-state index >= 15 is 0 Å². The number of hydrogen-bond donors (Lipinski definition) is 3. The molecule has 1 unspecified atom stereocenters. The van der Waals surface area contributed by atoms with Gasteiger partial charge in [-0.2, -0.15) is 18.3 Å². The molecule has 1 heterocycles. The summed E-state index contributed by atoms with van der Waals surface area (Å²) in [4.78, 5) is 24.8. The van der Waals surface area contributed by atoms with Crippen LogP contribution >= 0.6 is 11.8 Å². The molecule has 0 fully saturated rings. The number of H-pyrrole nitrogens is 1. The fourth-order valence-corrected chi connectivity index (χ4v) is 2.84. The summed E-state index contributed by atoms with van der Waals surface area (Å²) in [7, 11) is 0. The van der Waals surface area contributed by atoms with E-state index in [1.807, 2.05) is 13.8 Å². The number of rotatable bonds is 7. The van der Waals surface area contributed by atoms with E-state index in [2.05, 4.69) is 20.8 Å². The number of benzene rings is 1. The third kappa shape index (κ3) is 6.97. The first kappa shape index (κ1) is 20.8. The predicted molar refractivity (Wildman–Crippen MR) is 96.3 cm³/mol. The first-order chi connectivity index (χ1) is 12.6. The van der Waals surface area contributed by atoms with Crippen molar-refractivity contribution in [3.05, 3.63) is 42.1 Å². The van der Waals surface area contributed by atoms with Gasteiger partial charge in [-0.25, -0.2) is 0 Å². The number of carbonyl (C=O) groups is 2. The van der Waals surface area contributed by atoms with Crippen LogP contribution in [0, 0.1) is 5.92 Å². The van der Waals surface area contributed by atoms with Crippen LogP contribution in [0.3, 0.4) is 0 Å². The Kier molecular flexibility index (Phi) is 6.89. The highest BCUT2D eigenvalue weighted by Gasteiger charge is 2.29. The van der Waals surface area contributed by atoms with Crippen LogP contribution in [0.1, 0.15) is 30.6 Å². The lowest BCUT2D eigenvalue weighted by Crippen LogP contribution is -2.44. The Labute approximate surface area is 158 Å². The maximum atomic E-state index is 12.4. The van der Waals surface area contributed by atoms with E-state index in [9.17, 15) is 22.8 Å². The van der Waals surface area contributed by atoms with Gasteiger partial charge in [-0.15, -0.1) is 0 Å². The van der Waals surface area contributed by atoms with E-state index in [1.165, 1.54) is 30.5 Å². The van der Waals surface area contributed by atoms with Gasteiger partial charge in [-0.1, -0.05) is 13.8 Å². The zero-order valence-electron chi connectivity index (χ0n) is 14.6. The van der Waals surface area contributed by atoms with E-state index in [4.69, 9.17) is 0 Å². The third-order valence-electron chi connectivity index (χ3n) is 3.44. The van der Waals surface area contributed by atoms with Crippen LogP contribution in [0.4, 0.5) is 19.0 Å². The van der Waals surface area contributed by atoms with Gasteiger partial charge in [0.25, 0.3) is 5.91 Å². The molecule has 0 radical (unpaired) electrons. The topological polar surface area (TPSA) is 86.9 Å². The normalized spacial score (nSPS) is 12.7. The summed E-state index contributed by atoms with van der Waals surface area (Å²) in [5.74, 6) is -0.417. The molecular weight excluding hydrogens is 381 g/mol. The predicted octanol–water partition coefficient (Wildman–Crippen LogP) is 3.80. The lowest BCUT2D eigenvalue weighted by molar-refractivity contribution is -0.118. The smallest absolute Gasteiger partial charge is 0.340 e. The van der Waals surface area contributed by atoms with E-state index < -0.39 is 23.4 Å². The molecule has 0 spiro atoms. The Morgan fingerprint density at radius 1 is 1.19 bits per heavy atom. The summed E-state index contributed by atoms with van der Waals surface area (Å²) in [6.45, 7) is 3.82. The molecule has 1 aromatic heterocycles. The largest absolute Gasteiger partial charge is 0.446 e. The van der Waals surface area contributed by atoms with Crippen molar-refractivity contribution in [3.8, 4) is 0 Å². The second-order valence-electron chi connectivity index (χ2n) is 6.19. The number of anilines is 1. The Hall–Kier alpha value is -2.49. The fraction of sp³-hybridized carbons (Fsp3) is 0.353. The van der Waals surface area contributed by atoms with Crippen molar-refractivity contribution >= 4 is 29.4 Å². The summed E-state index contributed by atoms with van der Waals surface area (Å²) in [6.07, 6.45) is 1.87. The van der Waals surface area contributed by atoms with Crippen molar-refractivity contribution in [2.24, 2.45) is 5.92 Å². The average Bonchev–Trinajstić information content (AvgIpc) is 3.05. The van der Waals surface area contributed by atoms with Crippen LogP contribution in [0.15, 0.2) is 41.4 Å². The van der Waals surface area contributed by atoms with Gasteiger partial charge >= 0.3 is 5.51 Å². The fourth-order valence-electron chi connectivity index (χ4n) is 2.30. The lowest BCUT2D eigenvalue weighted by atomic mass is 10.0. The quantitative estimate of drug-likeness (QED) is 0.617. The van der Waals surface area contributed by atoms with Gasteiger partial charge in [-0.05, 0) is 48.4 Å². The molecule has 0 saturated heterocycles. The standard InChI is InChI=1S/C17H19F3N4O2S/c1-10(2)9-13(16(26)23-14-7-8-21-24-14)22-15(25)11-3-5-12(6-4-11)27-17(18,19)20/h3-8,10,13H,9H2,1-2H3,(H,22,25)(H2,21,23,24,26). The second-order valence-corrected chi connectivity index (χ2v) is 7.33. The maximum Gasteiger partial charge on any atom is 0.446 e. The number of alkyl halides is 3. The first-order valence-corrected chi connectivity index (χ1v) is 8.92. The molecule has 1 atom stereocenters. The number of carbonyl (C=O) groups excluding carboxylic acids is 2. The highest BCUT2D eigenvalue weighted by Crippen LogP contribution is 2.36. The number of aromatic amines is 1. The average molecular weight is 400 g/mol. The second kappa shape index (κ2) is 8.94. The highest BCUT2D eigenvalue weighted by atomic mass is 32.2. The van der Waals surface area contributed by atoms with Crippen molar-refractivity contribution in [2.45, 2.75) is 36.7 Å². The van der Waals surface area contributed by atoms with Crippen molar-refractivity contribution < 1.29 is 22.8 Å². The van der Waals surface area contributed by atoms with Crippen LogP contribution in [0.25, 0.3) is 0 Å². The van der Waals surface area contributed by atoms with Crippen LogP contribution in [-0.4, -0.2) is 33.6 Å². The Morgan fingerprint density at radius 2 is 1.85 bits per heavy atom. The molecule has 0 saturated carbocycles. The third-order valence-corrected chi connectivity index (χ3v) is 4.18. The summed E-state index contributed by atoms with van der Waals surface area (Å²) in [5, 5.41) is 11.6. The number of halogens is 3. The molecule has 2 amide bonds. The molecule has 27 heavy (non-hydrogen) atoms. The minimum atomic E-state index is -4.39. The minimum absolute atomic E-state index is 0.0187. The molecule has 0 aliphatic carbocycles. The van der Waals surface area contributed by atoms with E-state index in [1.54, 1.807) is 6.07 Å². The van der Waals surface area contributed by atoms with Crippen LogP contribution in [0.2, 0.25) is 0 Å². The Morgan fingerprint density at radius 3 is 2.37 bits per heavy atom. The lowest BCUT2D eigenvalue weighted by Gasteiger charge is -2.20. The van der Waals surface area contributed by atoms with Crippen LogP contribution < -0.4 is 10.6 Å². The van der Waals surface area contributed by atoms with Crippen LogP contribution in [-0.2, 0) is 4.79 Å². The zero-order chi connectivity index (χ0) is 20.0. The van der Waals surface area contributed by atoms with Gasteiger partial charge in [0.05, 0.1) is 6.20 Å². The molecule has 1 aromatic carbocycles. The molecule has 0 aliphatic heterocycles. The summed E-state index contributed by atoms with van der Waals surface area (Å²) >= 11 is -0.255. The van der Waals surface area contributed by atoms with E-state index in [0.29, 0.717) is 12.2 Å². The molecule has 0 bridgehead atoms. The van der Waals surface area contributed by atoms with Gasteiger partial charge in [0, 0.05) is 16.5 Å². The van der Waals surface area contributed by atoms with Gasteiger partial charge in [-0.3, -0.25) is 14.7 Å². The number of thioether (sulfide) groups is 1. The molecular formula is C17H19F3N4O2S. The zero-order valence-corrected chi connectivity index (χ0v) is 15.4. The van der Waals surface area contributed by atoms with Crippen molar-refractivity contribution in [1.82, 2.24) is 15.5 Å². The monoisotopic (exact) mass is 400 g/mol.